The van der Waals surface area contributed by atoms with Gasteiger partial charge in [0.15, 0.2) is 0 Å². The number of hydrogen-bond donors (Lipinski definition) is 2. The van der Waals surface area contributed by atoms with Gasteiger partial charge in [0.25, 0.3) is 0 Å². The summed E-state index contributed by atoms with van der Waals surface area (Å²) in [6, 6.07) is 10.1. The van der Waals surface area contributed by atoms with E-state index in [2.05, 4.69) is 5.43 Å². The molecule has 2 rings (SSSR count). The third kappa shape index (κ3) is 3.10. The third-order valence-electron chi connectivity index (χ3n) is 2.93. The number of hydrogen-bond acceptors (Lipinski definition) is 2. The number of benzene rings is 2. The van der Waals surface area contributed by atoms with E-state index in [0.29, 0.717) is 5.56 Å². The van der Waals surface area contributed by atoms with Gasteiger partial charge in [-0.1, -0.05) is 35.9 Å². The second-order valence-electron chi connectivity index (χ2n) is 4.15. The molecule has 2 nitrogen and oxygen atoms in total. The van der Waals surface area contributed by atoms with Gasteiger partial charge in [-0.05, 0) is 30.2 Å². The number of halogens is 3. The van der Waals surface area contributed by atoms with Crippen LogP contribution in [0.25, 0.3) is 0 Å². The first-order valence-electron chi connectivity index (χ1n) is 5.77. The molecule has 0 radical (unpaired) electrons. The van der Waals surface area contributed by atoms with Crippen molar-refractivity contribution in [3.63, 3.8) is 0 Å². The lowest BCUT2D eigenvalue weighted by atomic mass is 9.98. The second kappa shape index (κ2) is 6.10. The molecule has 3 N–H and O–H groups in total. The molecule has 0 bridgehead atoms. The van der Waals surface area contributed by atoms with Crippen molar-refractivity contribution >= 4 is 11.6 Å². The Labute approximate surface area is 115 Å². The molecule has 1 atom stereocenters. The average molecular weight is 283 g/mol. The molecule has 0 aliphatic heterocycles. The van der Waals surface area contributed by atoms with Gasteiger partial charge in [0.05, 0.1) is 6.04 Å². The Hall–Kier alpha value is -1.49. The summed E-state index contributed by atoms with van der Waals surface area (Å²) in [5, 5.41) is 0.263. The summed E-state index contributed by atoms with van der Waals surface area (Å²) in [6.45, 7) is 0. The summed E-state index contributed by atoms with van der Waals surface area (Å²) in [5.41, 5.74) is 3.18. The Morgan fingerprint density at radius 2 is 1.74 bits per heavy atom. The van der Waals surface area contributed by atoms with Crippen LogP contribution in [0.1, 0.15) is 17.2 Å². The molecule has 0 saturated carbocycles. The Bertz CT molecular complexity index is 555. The maximum atomic E-state index is 13.8. The second-order valence-corrected chi connectivity index (χ2v) is 4.56. The minimum atomic E-state index is -0.592. The lowest BCUT2D eigenvalue weighted by Gasteiger charge is -2.18. The van der Waals surface area contributed by atoms with Crippen LogP contribution in [0.3, 0.4) is 0 Å². The molecule has 2 aromatic carbocycles. The molecule has 0 spiro atoms. The van der Waals surface area contributed by atoms with Crippen molar-refractivity contribution in [1.82, 2.24) is 5.43 Å². The van der Waals surface area contributed by atoms with Crippen LogP contribution in [-0.2, 0) is 6.42 Å². The zero-order chi connectivity index (χ0) is 13.8. The van der Waals surface area contributed by atoms with E-state index in [1.165, 1.54) is 18.2 Å². The van der Waals surface area contributed by atoms with Gasteiger partial charge in [0, 0.05) is 10.6 Å². The van der Waals surface area contributed by atoms with Gasteiger partial charge in [-0.25, -0.2) is 8.78 Å². The SMILES string of the molecule is NNC(Cc1ccccc1F)c1c(F)cccc1Cl. The quantitative estimate of drug-likeness (QED) is 0.666. The average Bonchev–Trinajstić information content (AvgIpc) is 2.39. The molecule has 0 saturated heterocycles. The highest BCUT2D eigenvalue weighted by molar-refractivity contribution is 6.31. The Morgan fingerprint density at radius 3 is 2.37 bits per heavy atom. The number of nitrogens with one attached hydrogen (secondary N) is 1. The fourth-order valence-electron chi connectivity index (χ4n) is 1.97. The van der Waals surface area contributed by atoms with Crippen molar-refractivity contribution in [2.24, 2.45) is 5.84 Å². The van der Waals surface area contributed by atoms with E-state index in [1.807, 2.05) is 0 Å². The molecule has 0 aliphatic rings. The number of hydrazine groups is 1. The van der Waals surface area contributed by atoms with E-state index in [9.17, 15) is 8.78 Å². The van der Waals surface area contributed by atoms with Crippen LogP contribution in [0.4, 0.5) is 8.78 Å². The normalized spacial score (nSPS) is 12.4. The predicted molar refractivity (Wildman–Crippen MR) is 71.6 cm³/mol. The number of nitrogens with two attached hydrogens (primary N) is 1. The molecular formula is C14H13ClF2N2. The van der Waals surface area contributed by atoms with Crippen LogP contribution >= 0.6 is 11.6 Å². The van der Waals surface area contributed by atoms with Crippen molar-refractivity contribution in [1.29, 1.82) is 0 Å². The molecule has 19 heavy (non-hydrogen) atoms. The van der Waals surface area contributed by atoms with Crippen LogP contribution in [0.2, 0.25) is 5.02 Å². The first kappa shape index (κ1) is 13.9. The summed E-state index contributed by atoms with van der Waals surface area (Å²) in [7, 11) is 0. The first-order valence-corrected chi connectivity index (χ1v) is 6.14. The van der Waals surface area contributed by atoms with Crippen molar-refractivity contribution in [3.05, 3.63) is 70.2 Å². The maximum absolute atomic E-state index is 13.8. The van der Waals surface area contributed by atoms with Crippen LogP contribution in [0, 0.1) is 11.6 Å². The maximum Gasteiger partial charge on any atom is 0.129 e. The highest BCUT2D eigenvalue weighted by Crippen LogP contribution is 2.28. The molecule has 100 valence electrons. The molecular weight excluding hydrogens is 270 g/mol. The monoisotopic (exact) mass is 282 g/mol. The highest BCUT2D eigenvalue weighted by Gasteiger charge is 2.19. The minimum Gasteiger partial charge on any atom is -0.271 e. The zero-order valence-electron chi connectivity index (χ0n) is 10.0. The summed E-state index contributed by atoms with van der Waals surface area (Å²) >= 11 is 5.98. The largest absolute Gasteiger partial charge is 0.271 e. The summed E-state index contributed by atoms with van der Waals surface area (Å²) in [5.74, 6) is 4.63. The smallest absolute Gasteiger partial charge is 0.129 e. The fraction of sp³-hybridized carbons (Fsp3) is 0.143. The van der Waals surface area contributed by atoms with Gasteiger partial charge in [-0.2, -0.15) is 0 Å². The predicted octanol–water partition coefficient (Wildman–Crippen LogP) is 3.37. The molecule has 0 heterocycles. The topological polar surface area (TPSA) is 38.0 Å². The van der Waals surface area contributed by atoms with E-state index < -0.39 is 11.9 Å². The van der Waals surface area contributed by atoms with Gasteiger partial charge < -0.3 is 0 Å². The van der Waals surface area contributed by atoms with Gasteiger partial charge in [-0.3, -0.25) is 11.3 Å². The van der Waals surface area contributed by atoms with Gasteiger partial charge in [0.2, 0.25) is 0 Å². The van der Waals surface area contributed by atoms with Crippen LogP contribution in [0.5, 0.6) is 0 Å². The van der Waals surface area contributed by atoms with Gasteiger partial charge in [-0.15, -0.1) is 0 Å². The van der Waals surface area contributed by atoms with E-state index >= 15 is 0 Å². The molecule has 1 unspecified atom stereocenters. The molecule has 0 aliphatic carbocycles. The summed E-state index contributed by atoms with van der Waals surface area (Å²) in [4.78, 5) is 0. The highest BCUT2D eigenvalue weighted by atomic mass is 35.5. The van der Waals surface area contributed by atoms with E-state index in [0.717, 1.165) is 0 Å². The van der Waals surface area contributed by atoms with Crippen molar-refractivity contribution in [3.8, 4) is 0 Å². The van der Waals surface area contributed by atoms with E-state index in [1.54, 1.807) is 24.3 Å². The van der Waals surface area contributed by atoms with Gasteiger partial charge in [0.1, 0.15) is 11.6 Å². The Balaban J connectivity index is 2.34. The van der Waals surface area contributed by atoms with Crippen molar-refractivity contribution in [2.75, 3.05) is 0 Å². The zero-order valence-corrected chi connectivity index (χ0v) is 10.8. The van der Waals surface area contributed by atoms with E-state index in [4.69, 9.17) is 17.4 Å². The Kier molecular flexibility index (Phi) is 4.47. The summed E-state index contributed by atoms with van der Waals surface area (Å²) in [6.07, 6.45) is 0.212. The van der Waals surface area contributed by atoms with Crippen molar-refractivity contribution < 1.29 is 8.78 Å². The number of rotatable bonds is 4. The van der Waals surface area contributed by atoms with Crippen LogP contribution in [0.15, 0.2) is 42.5 Å². The lowest BCUT2D eigenvalue weighted by molar-refractivity contribution is 0.499. The third-order valence-corrected chi connectivity index (χ3v) is 3.26. The lowest BCUT2D eigenvalue weighted by Crippen LogP contribution is -2.30. The molecule has 0 aromatic heterocycles. The van der Waals surface area contributed by atoms with E-state index in [-0.39, 0.29) is 22.8 Å². The molecule has 0 amide bonds. The minimum absolute atomic E-state index is 0.212. The molecule has 0 fully saturated rings. The van der Waals surface area contributed by atoms with Crippen molar-refractivity contribution in [2.45, 2.75) is 12.5 Å². The van der Waals surface area contributed by atoms with Gasteiger partial charge >= 0.3 is 0 Å². The molecule has 2 aromatic rings. The first-order chi connectivity index (χ1) is 9.13. The Morgan fingerprint density at radius 1 is 1.05 bits per heavy atom. The van der Waals surface area contributed by atoms with Crippen LogP contribution in [-0.4, -0.2) is 0 Å². The van der Waals surface area contributed by atoms with Crippen LogP contribution < -0.4 is 11.3 Å². The standard InChI is InChI=1S/C14H13ClF2N2/c15-10-5-3-7-12(17)14(10)13(19-18)8-9-4-1-2-6-11(9)16/h1-7,13,19H,8,18H2. The molecule has 5 heteroatoms. The summed E-state index contributed by atoms with van der Waals surface area (Å²) < 4.78 is 27.4. The fourth-order valence-corrected chi connectivity index (χ4v) is 2.27.